The second-order valence-electron chi connectivity index (χ2n) is 7.88. The molecule has 3 atom stereocenters. The SMILES string of the molecule is CC[C@H]1CCCCN1C(=O)C[NH+]1CCC[C@H](c2nc3ccccc3s2)C1. The van der Waals surface area contributed by atoms with Crippen LogP contribution in [-0.4, -0.2) is 48.0 Å². The van der Waals surface area contributed by atoms with E-state index in [9.17, 15) is 4.79 Å². The summed E-state index contributed by atoms with van der Waals surface area (Å²) >= 11 is 1.84. The molecule has 1 unspecified atom stereocenters. The fourth-order valence-electron chi connectivity index (χ4n) is 4.66. The Balaban J connectivity index is 1.41. The van der Waals surface area contributed by atoms with Crippen molar-refractivity contribution >= 4 is 27.5 Å². The number of piperidine rings is 2. The highest BCUT2D eigenvalue weighted by atomic mass is 32.1. The van der Waals surface area contributed by atoms with E-state index in [1.54, 1.807) is 0 Å². The molecular weight excluding hydrogens is 342 g/mol. The summed E-state index contributed by atoms with van der Waals surface area (Å²) in [5.41, 5.74) is 1.12. The van der Waals surface area contributed by atoms with Gasteiger partial charge < -0.3 is 9.80 Å². The van der Waals surface area contributed by atoms with Crippen LogP contribution in [0.1, 0.15) is 56.4 Å². The second kappa shape index (κ2) is 8.05. The fourth-order valence-corrected chi connectivity index (χ4v) is 5.76. The molecule has 2 fully saturated rings. The number of quaternary nitrogens is 1. The molecule has 140 valence electrons. The number of fused-ring (bicyclic) bond motifs is 1. The number of hydrogen-bond donors (Lipinski definition) is 1. The zero-order valence-electron chi connectivity index (χ0n) is 15.7. The van der Waals surface area contributed by atoms with Crippen molar-refractivity contribution in [1.82, 2.24) is 9.88 Å². The smallest absolute Gasteiger partial charge is 0.278 e. The monoisotopic (exact) mass is 372 g/mol. The van der Waals surface area contributed by atoms with E-state index in [4.69, 9.17) is 4.98 Å². The number of nitrogens with zero attached hydrogens (tertiary/aromatic N) is 2. The third kappa shape index (κ3) is 3.79. The molecule has 0 aliphatic carbocycles. The number of likely N-dealkylation sites (tertiary alicyclic amines) is 2. The molecule has 5 heteroatoms. The fraction of sp³-hybridized carbons (Fsp3) is 0.619. The van der Waals surface area contributed by atoms with Crippen molar-refractivity contribution in [2.24, 2.45) is 0 Å². The standard InChI is InChI=1S/C21H29N3OS/c1-2-17-9-5-6-13-24(17)20(25)15-23-12-7-8-16(14-23)21-22-18-10-3-4-11-19(18)26-21/h3-4,10-11,16-17H,2,5-9,12-15H2,1H3/p+1/t16-,17-/m0/s1. The average molecular weight is 373 g/mol. The Bertz CT molecular complexity index is 726. The molecule has 0 spiro atoms. The predicted molar refractivity (Wildman–Crippen MR) is 107 cm³/mol. The van der Waals surface area contributed by atoms with Crippen molar-refractivity contribution < 1.29 is 9.69 Å². The highest BCUT2D eigenvalue weighted by Gasteiger charge is 2.32. The summed E-state index contributed by atoms with van der Waals surface area (Å²) in [6, 6.07) is 8.89. The van der Waals surface area contributed by atoms with Gasteiger partial charge in [0.25, 0.3) is 5.91 Å². The molecule has 2 saturated heterocycles. The second-order valence-corrected chi connectivity index (χ2v) is 8.95. The van der Waals surface area contributed by atoms with Crippen molar-refractivity contribution in [3.05, 3.63) is 29.3 Å². The minimum Gasteiger partial charge on any atom is -0.335 e. The third-order valence-electron chi connectivity index (χ3n) is 6.10. The van der Waals surface area contributed by atoms with Crippen molar-refractivity contribution in [1.29, 1.82) is 0 Å². The van der Waals surface area contributed by atoms with Gasteiger partial charge in [-0.3, -0.25) is 4.79 Å². The van der Waals surface area contributed by atoms with E-state index in [0.717, 1.165) is 31.6 Å². The van der Waals surface area contributed by atoms with E-state index in [0.29, 0.717) is 24.4 Å². The molecule has 4 nitrogen and oxygen atoms in total. The summed E-state index contributed by atoms with van der Waals surface area (Å²) < 4.78 is 1.28. The average Bonchev–Trinajstić information content (AvgIpc) is 3.12. The number of nitrogens with one attached hydrogen (secondary N) is 1. The first kappa shape index (κ1) is 17.9. The van der Waals surface area contributed by atoms with Gasteiger partial charge in [-0.05, 0) is 50.7 Å². The first-order valence-corrected chi connectivity index (χ1v) is 11.0. The minimum atomic E-state index is 0.372. The van der Waals surface area contributed by atoms with Gasteiger partial charge in [-0.1, -0.05) is 19.1 Å². The van der Waals surface area contributed by atoms with Crippen LogP contribution in [0.3, 0.4) is 0 Å². The maximum absolute atomic E-state index is 12.9. The van der Waals surface area contributed by atoms with Gasteiger partial charge in [0.05, 0.1) is 29.2 Å². The highest BCUT2D eigenvalue weighted by Crippen LogP contribution is 2.30. The highest BCUT2D eigenvalue weighted by molar-refractivity contribution is 7.18. The Hall–Kier alpha value is -1.46. The zero-order chi connectivity index (χ0) is 17.9. The maximum atomic E-state index is 12.9. The number of para-hydroxylation sites is 1. The van der Waals surface area contributed by atoms with E-state index in [2.05, 4.69) is 36.1 Å². The molecular formula is C21H30N3OS+. The summed E-state index contributed by atoms with van der Waals surface area (Å²) in [5.74, 6) is 0.878. The van der Waals surface area contributed by atoms with Gasteiger partial charge in [0.2, 0.25) is 0 Å². The molecule has 1 amide bonds. The van der Waals surface area contributed by atoms with Crippen molar-refractivity contribution in [3.63, 3.8) is 0 Å². The molecule has 3 heterocycles. The Morgan fingerprint density at radius 2 is 2.15 bits per heavy atom. The van der Waals surface area contributed by atoms with Crippen LogP contribution in [-0.2, 0) is 4.79 Å². The molecule has 1 aromatic carbocycles. The molecule has 0 saturated carbocycles. The van der Waals surface area contributed by atoms with Crippen molar-refractivity contribution in [2.45, 2.75) is 57.4 Å². The number of carbonyl (C=O) groups is 1. The van der Waals surface area contributed by atoms with Gasteiger partial charge in [-0.15, -0.1) is 11.3 Å². The van der Waals surface area contributed by atoms with E-state index < -0.39 is 0 Å². The minimum absolute atomic E-state index is 0.372. The Morgan fingerprint density at radius 3 is 3.00 bits per heavy atom. The van der Waals surface area contributed by atoms with E-state index in [1.807, 2.05) is 11.3 Å². The topological polar surface area (TPSA) is 37.6 Å². The zero-order valence-corrected chi connectivity index (χ0v) is 16.6. The predicted octanol–water partition coefficient (Wildman–Crippen LogP) is 2.85. The lowest BCUT2D eigenvalue weighted by molar-refractivity contribution is -0.898. The van der Waals surface area contributed by atoms with E-state index in [-0.39, 0.29) is 0 Å². The summed E-state index contributed by atoms with van der Waals surface area (Å²) in [6.07, 6.45) is 7.13. The van der Waals surface area contributed by atoms with Gasteiger partial charge in [0.15, 0.2) is 6.54 Å². The van der Waals surface area contributed by atoms with Crippen LogP contribution in [0, 0.1) is 0 Å². The van der Waals surface area contributed by atoms with Gasteiger partial charge in [-0.25, -0.2) is 4.98 Å². The molecule has 2 aromatic rings. The van der Waals surface area contributed by atoms with E-state index >= 15 is 0 Å². The molecule has 26 heavy (non-hydrogen) atoms. The molecule has 0 bridgehead atoms. The summed E-state index contributed by atoms with van der Waals surface area (Å²) in [5, 5.41) is 1.26. The summed E-state index contributed by atoms with van der Waals surface area (Å²) in [4.78, 5) is 21.4. The summed E-state index contributed by atoms with van der Waals surface area (Å²) in [6.45, 7) is 6.02. The largest absolute Gasteiger partial charge is 0.335 e. The Labute approximate surface area is 160 Å². The van der Waals surface area contributed by atoms with Crippen LogP contribution in [0.15, 0.2) is 24.3 Å². The van der Waals surface area contributed by atoms with Gasteiger partial charge in [-0.2, -0.15) is 0 Å². The number of carbonyl (C=O) groups excluding carboxylic acids is 1. The molecule has 4 rings (SSSR count). The van der Waals surface area contributed by atoms with Gasteiger partial charge in [0.1, 0.15) is 5.01 Å². The number of amides is 1. The quantitative estimate of drug-likeness (QED) is 0.896. The van der Waals surface area contributed by atoms with Crippen LogP contribution in [0.5, 0.6) is 0 Å². The molecule has 2 aliphatic rings. The molecule has 1 aromatic heterocycles. The number of aromatic nitrogens is 1. The third-order valence-corrected chi connectivity index (χ3v) is 7.30. The normalized spacial score (nSPS) is 27.0. The van der Waals surface area contributed by atoms with Crippen LogP contribution in [0.2, 0.25) is 0 Å². The number of hydrogen-bond acceptors (Lipinski definition) is 3. The lowest BCUT2D eigenvalue weighted by atomic mass is 9.98. The summed E-state index contributed by atoms with van der Waals surface area (Å²) in [7, 11) is 0. The van der Waals surface area contributed by atoms with Crippen LogP contribution < -0.4 is 4.90 Å². The van der Waals surface area contributed by atoms with E-state index in [1.165, 1.54) is 46.7 Å². The van der Waals surface area contributed by atoms with Crippen LogP contribution in [0.25, 0.3) is 10.2 Å². The number of benzene rings is 1. The lowest BCUT2D eigenvalue weighted by Gasteiger charge is -2.37. The molecule has 0 radical (unpaired) electrons. The maximum Gasteiger partial charge on any atom is 0.278 e. The van der Waals surface area contributed by atoms with Gasteiger partial charge in [0, 0.05) is 12.6 Å². The number of rotatable bonds is 4. The van der Waals surface area contributed by atoms with Crippen LogP contribution in [0.4, 0.5) is 0 Å². The first-order valence-electron chi connectivity index (χ1n) is 10.2. The van der Waals surface area contributed by atoms with Gasteiger partial charge >= 0.3 is 0 Å². The molecule has 1 N–H and O–H groups in total. The number of thiazole rings is 1. The van der Waals surface area contributed by atoms with Crippen molar-refractivity contribution in [2.75, 3.05) is 26.2 Å². The Kier molecular flexibility index (Phi) is 5.55. The molecule has 2 aliphatic heterocycles. The Morgan fingerprint density at radius 1 is 1.27 bits per heavy atom. The van der Waals surface area contributed by atoms with Crippen molar-refractivity contribution in [3.8, 4) is 0 Å². The van der Waals surface area contributed by atoms with Crippen LogP contribution >= 0.6 is 11.3 Å². The first-order chi connectivity index (χ1) is 12.7. The lowest BCUT2D eigenvalue weighted by Crippen LogP contribution is -3.14.